The number of carbonyl (C=O) groups is 3. The van der Waals surface area contributed by atoms with Crippen LogP contribution in [0, 0.1) is 0 Å². The fourth-order valence-corrected chi connectivity index (χ4v) is 7.95. The second-order valence-corrected chi connectivity index (χ2v) is 19.5. The van der Waals surface area contributed by atoms with Crippen LogP contribution in [0.25, 0.3) is 0 Å². The highest BCUT2D eigenvalue weighted by Gasteiger charge is 2.22. The number of carbonyl (C=O) groups excluding carboxylic acids is 3. The molecule has 0 aliphatic rings. The second kappa shape index (κ2) is 45.8. The van der Waals surface area contributed by atoms with Gasteiger partial charge in [0.25, 0.3) is 0 Å². The van der Waals surface area contributed by atoms with Gasteiger partial charge in [-0.3, -0.25) is 9.59 Å². The van der Waals surface area contributed by atoms with E-state index in [0.29, 0.717) is 17.4 Å². The number of carboxylic acid groups (broad SMARTS) is 1. The molecule has 2 atom stereocenters. The summed E-state index contributed by atoms with van der Waals surface area (Å²) in [6.45, 7) is 4.78. The van der Waals surface area contributed by atoms with Crippen molar-refractivity contribution < 1.29 is 42.9 Å². The number of hydrogen-bond donors (Lipinski definition) is 0. The van der Waals surface area contributed by atoms with Crippen LogP contribution in [0.5, 0.6) is 0 Å². The molecule has 0 aromatic heterocycles. The zero-order valence-corrected chi connectivity index (χ0v) is 41.8. The highest BCUT2D eigenvalue weighted by atomic mass is 16.7. The van der Waals surface area contributed by atoms with Crippen LogP contribution in [0.4, 0.5) is 0 Å². The SMILES string of the molecule is CCCCCCCCCCCCCCCCCCCCCCCCCCCCC(=O)OC(COC(=O)CCCCCCCCCCCCC)COC(OCC[N+](C)(C)C)C(=O)[O-]. The van der Waals surface area contributed by atoms with Crippen molar-refractivity contribution in [3.8, 4) is 0 Å². The van der Waals surface area contributed by atoms with Gasteiger partial charge in [0.2, 0.25) is 0 Å². The van der Waals surface area contributed by atoms with E-state index in [1.165, 1.54) is 199 Å². The Balaban J connectivity index is 4.13. The molecule has 0 fully saturated rings. The first-order valence-electron chi connectivity index (χ1n) is 26.7. The van der Waals surface area contributed by atoms with Crippen molar-refractivity contribution in [2.24, 2.45) is 0 Å². The summed E-state index contributed by atoms with van der Waals surface area (Å²) < 4.78 is 22.6. The van der Waals surface area contributed by atoms with E-state index in [1.807, 2.05) is 21.1 Å². The third-order valence-electron chi connectivity index (χ3n) is 12.1. The number of nitrogens with zero attached hydrogens (tertiary/aromatic N) is 1. The van der Waals surface area contributed by atoms with Crippen LogP contribution < -0.4 is 5.11 Å². The molecule has 0 amide bonds. The first-order valence-corrected chi connectivity index (χ1v) is 26.7. The Hall–Kier alpha value is -1.71. The number of unbranched alkanes of at least 4 members (excludes halogenated alkanes) is 35. The van der Waals surface area contributed by atoms with E-state index in [1.54, 1.807) is 0 Å². The van der Waals surface area contributed by atoms with E-state index in [0.717, 1.165) is 38.5 Å². The lowest BCUT2D eigenvalue weighted by Gasteiger charge is -2.26. The van der Waals surface area contributed by atoms with Crippen LogP contribution in [0.1, 0.15) is 264 Å². The van der Waals surface area contributed by atoms with Gasteiger partial charge in [0, 0.05) is 12.8 Å². The lowest BCUT2D eigenvalue weighted by molar-refractivity contribution is -0.870. The van der Waals surface area contributed by atoms with Crippen molar-refractivity contribution in [3.05, 3.63) is 0 Å². The molecule has 0 aromatic carbocycles. The van der Waals surface area contributed by atoms with Gasteiger partial charge >= 0.3 is 11.9 Å². The number of likely N-dealkylation sites (N-methyl/N-ethyl adjacent to an activating group) is 1. The molecule has 62 heavy (non-hydrogen) atoms. The summed E-state index contributed by atoms with van der Waals surface area (Å²) in [6.07, 6.45) is 45.8. The van der Waals surface area contributed by atoms with Crippen LogP contribution in [0.3, 0.4) is 0 Å². The number of quaternary nitrogens is 1. The average molecular weight is 882 g/mol. The van der Waals surface area contributed by atoms with E-state index in [2.05, 4.69) is 13.8 Å². The van der Waals surface area contributed by atoms with E-state index >= 15 is 0 Å². The van der Waals surface area contributed by atoms with Gasteiger partial charge in [0.15, 0.2) is 12.4 Å². The summed E-state index contributed by atoms with van der Waals surface area (Å²) in [5, 5.41) is 11.7. The van der Waals surface area contributed by atoms with Crippen molar-refractivity contribution in [1.82, 2.24) is 0 Å². The smallest absolute Gasteiger partial charge is 0.306 e. The maximum atomic E-state index is 12.8. The van der Waals surface area contributed by atoms with E-state index in [9.17, 15) is 19.5 Å². The van der Waals surface area contributed by atoms with Crippen LogP contribution in [-0.4, -0.2) is 82.3 Å². The van der Waals surface area contributed by atoms with Crippen molar-refractivity contribution in [2.45, 2.75) is 277 Å². The van der Waals surface area contributed by atoms with Gasteiger partial charge in [-0.05, 0) is 12.8 Å². The second-order valence-electron chi connectivity index (χ2n) is 19.5. The molecule has 0 N–H and O–H groups in total. The highest BCUT2D eigenvalue weighted by molar-refractivity contribution is 5.70. The van der Waals surface area contributed by atoms with Gasteiger partial charge in [-0.15, -0.1) is 0 Å². The van der Waals surface area contributed by atoms with Crippen LogP contribution in [0.2, 0.25) is 0 Å². The Bertz CT molecular complexity index is 985. The Morgan fingerprint density at radius 3 is 1.03 bits per heavy atom. The van der Waals surface area contributed by atoms with Gasteiger partial charge in [0.1, 0.15) is 13.2 Å². The average Bonchev–Trinajstić information content (AvgIpc) is 3.23. The normalized spacial score (nSPS) is 12.7. The van der Waals surface area contributed by atoms with Gasteiger partial charge < -0.3 is 33.3 Å². The molecule has 0 radical (unpaired) electrons. The molecule has 0 bridgehead atoms. The quantitative estimate of drug-likeness (QED) is 0.0257. The first kappa shape index (κ1) is 60.3. The minimum atomic E-state index is -1.61. The summed E-state index contributed by atoms with van der Waals surface area (Å²) in [5.74, 6) is -2.26. The number of aliphatic carboxylic acids is 1. The third-order valence-corrected chi connectivity index (χ3v) is 12.1. The van der Waals surface area contributed by atoms with Gasteiger partial charge in [-0.1, -0.05) is 239 Å². The molecular weight excluding hydrogens is 779 g/mol. The minimum Gasteiger partial charge on any atom is -0.545 e. The fourth-order valence-electron chi connectivity index (χ4n) is 7.95. The highest BCUT2D eigenvalue weighted by Crippen LogP contribution is 2.17. The van der Waals surface area contributed by atoms with E-state index < -0.39 is 24.3 Å². The van der Waals surface area contributed by atoms with Gasteiger partial charge in [-0.25, -0.2) is 0 Å². The maximum Gasteiger partial charge on any atom is 0.306 e. The third kappa shape index (κ3) is 46.3. The number of rotatable bonds is 50. The Morgan fingerprint density at radius 2 is 0.726 bits per heavy atom. The number of hydrogen-bond acceptors (Lipinski definition) is 8. The molecule has 368 valence electrons. The predicted octanol–water partition coefficient (Wildman–Crippen LogP) is 13.5. The van der Waals surface area contributed by atoms with Crippen molar-refractivity contribution in [2.75, 3.05) is 47.5 Å². The molecule has 0 saturated heterocycles. The van der Waals surface area contributed by atoms with E-state index in [-0.39, 0.29) is 32.2 Å². The molecule has 0 rings (SSSR count). The predicted molar refractivity (Wildman–Crippen MR) is 256 cm³/mol. The molecule has 0 aliphatic heterocycles. The maximum absolute atomic E-state index is 12.8. The molecule has 0 spiro atoms. The molecular formula is C53H103NO8. The van der Waals surface area contributed by atoms with Crippen molar-refractivity contribution in [3.63, 3.8) is 0 Å². The van der Waals surface area contributed by atoms with Crippen LogP contribution >= 0.6 is 0 Å². The number of ether oxygens (including phenoxy) is 4. The summed E-state index contributed by atoms with van der Waals surface area (Å²) >= 11 is 0. The summed E-state index contributed by atoms with van der Waals surface area (Å²) in [5.41, 5.74) is 0. The number of carboxylic acids is 1. The topological polar surface area (TPSA) is 111 Å². The summed E-state index contributed by atoms with van der Waals surface area (Å²) in [4.78, 5) is 37.1. The Kier molecular flexibility index (Phi) is 44.6. The standard InChI is InChI=1S/C53H103NO8/c1-6-8-10-12-14-16-18-19-20-21-22-23-24-25-26-27-28-29-30-31-32-34-36-38-40-42-44-51(56)62-49(48-61-53(52(57)58)59-46-45-54(3,4)5)47-60-50(55)43-41-39-37-35-33-17-15-13-11-9-7-2/h49,53H,6-48H2,1-5H3. The van der Waals surface area contributed by atoms with Crippen LogP contribution in [0.15, 0.2) is 0 Å². The summed E-state index contributed by atoms with van der Waals surface area (Å²) in [6, 6.07) is 0. The van der Waals surface area contributed by atoms with E-state index in [4.69, 9.17) is 18.9 Å². The fraction of sp³-hybridized carbons (Fsp3) is 0.943. The molecule has 0 aromatic rings. The Labute approximate surface area is 383 Å². The monoisotopic (exact) mass is 882 g/mol. The Morgan fingerprint density at radius 1 is 0.419 bits per heavy atom. The molecule has 0 heterocycles. The van der Waals surface area contributed by atoms with Crippen molar-refractivity contribution >= 4 is 17.9 Å². The van der Waals surface area contributed by atoms with Gasteiger partial charge in [0.05, 0.1) is 40.3 Å². The summed E-state index contributed by atoms with van der Waals surface area (Å²) in [7, 11) is 5.92. The van der Waals surface area contributed by atoms with Crippen molar-refractivity contribution in [1.29, 1.82) is 0 Å². The zero-order valence-electron chi connectivity index (χ0n) is 41.8. The lowest BCUT2D eigenvalue weighted by atomic mass is 10.0. The molecule has 9 nitrogen and oxygen atoms in total. The van der Waals surface area contributed by atoms with Gasteiger partial charge in [-0.2, -0.15) is 0 Å². The molecule has 0 aliphatic carbocycles. The van der Waals surface area contributed by atoms with Crippen LogP contribution in [-0.2, 0) is 33.3 Å². The number of esters is 2. The largest absolute Gasteiger partial charge is 0.545 e. The first-order chi connectivity index (χ1) is 30.1. The zero-order chi connectivity index (χ0) is 45.6. The molecule has 2 unspecified atom stereocenters. The lowest BCUT2D eigenvalue weighted by Crippen LogP contribution is -2.44. The minimum absolute atomic E-state index is 0.153. The molecule has 9 heteroatoms. The molecule has 0 saturated carbocycles.